The Bertz CT molecular complexity index is 303. The Labute approximate surface area is 96.3 Å². The molecule has 0 bridgehead atoms. The Morgan fingerprint density at radius 1 is 1.47 bits per heavy atom. The van der Waals surface area contributed by atoms with E-state index in [2.05, 4.69) is 19.2 Å². The number of aliphatic hydroxyl groups is 1. The van der Waals surface area contributed by atoms with Crippen molar-refractivity contribution >= 4 is 17.3 Å². The number of halogens is 1. The molecule has 15 heavy (non-hydrogen) atoms. The highest BCUT2D eigenvalue weighted by molar-refractivity contribution is 6.30. The summed E-state index contributed by atoms with van der Waals surface area (Å²) in [4.78, 5) is 0. The highest BCUT2D eigenvalue weighted by Gasteiger charge is 2.14. The van der Waals surface area contributed by atoms with Crippen molar-refractivity contribution in [3.63, 3.8) is 0 Å². The molecule has 0 aliphatic carbocycles. The van der Waals surface area contributed by atoms with E-state index >= 15 is 0 Å². The van der Waals surface area contributed by atoms with Crippen LogP contribution >= 0.6 is 11.6 Å². The molecule has 0 heterocycles. The summed E-state index contributed by atoms with van der Waals surface area (Å²) in [5.74, 6) is 0.439. The molecule has 0 amide bonds. The molecule has 84 valence electrons. The van der Waals surface area contributed by atoms with Gasteiger partial charge in [0.15, 0.2) is 0 Å². The minimum absolute atomic E-state index is 0.0912. The molecule has 0 aliphatic heterocycles. The van der Waals surface area contributed by atoms with E-state index in [4.69, 9.17) is 11.6 Å². The van der Waals surface area contributed by atoms with E-state index in [9.17, 15) is 5.11 Å². The summed E-state index contributed by atoms with van der Waals surface area (Å²) in [7, 11) is 0. The summed E-state index contributed by atoms with van der Waals surface area (Å²) in [5.41, 5.74) is 0.960. The fourth-order valence-corrected chi connectivity index (χ4v) is 1.63. The van der Waals surface area contributed by atoms with Gasteiger partial charge in [0, 0.05) is 10.7 Å². The first-order valence-electron chi connectivity index (χ1n) is 5.30. The van der Waals surface area contributed by atoms with Crippen LogP contribution in [-0.2, 0) is 0 Å². The summed E-state index contributed by atoms with van der Waals surface area (Å²) < 4.78 is 0. The van der Waals surface area contributed by atoms with Crippen molar-refractivity contribution in [1.29, 1.82) is 0 Å². The second-order valence-corrected chi connectivity index (χ2v) is 4.27. The van der Waals surface area contributed by atoms with E-state index in [1.165, 1.54) is 0 Å². The summed E-state index contributed by atoms with van der Waals surface area (Å²) in [6.07, 6.45) is 1.04. The van der Waals surface area contributed by atoms with Gasteiger partial charge in [0.1, 0.15) is 0 Å². The molecule has 3 heteroatoms. The quantitative estimate of drug-likeness (QED) is 0.810. The minimum Gasteiger partial charge on any atom is -0.394 e. The van der Waals surface area contributed by atoms with Gasteiger partial charge in [-0.2, -0.15) is 0 Å². The van der Waals surface area contributed by atoms with Gasteiger partial charge in [-0.15, -0.1) is 0 Å². The number of aliphatic hydroxyl groups excluding tert-OH is 1. The van der Waals surface area contributed by atoms with E-state index in [1.54, 1.807) is 0 Å². The Balaban J connectivity index is 2.66. The van der Waals surface area contributed by atoms with E-state index < -0.39 is 0 Å². The third-order valence-electron chi connectivity index (χ3n) is 2.70. The zero-order valence-electron chi connectivity index (χ0n) is 9.20. The maximum atomic E-state index is 9.26. The standard InChI is InChI=1S/C12H18ClNO/c1-3-9(2)12(8-15)14-11-6-4-5-10(13)7-11/h4-7,9,12,14-15H,3,8H2,1-2H3. The van der Waals surface area contributed by atoms with Gasteiger partial charge in [-0.25, -0.2) is 0 Å². The monoisotopic (exact) mass is 227 g/mol. The molecule has 2 N–H and O–H groups in total. The van der Waals surface area contributed by atoms with Crippen LogP contribution < -0.4 is 5.32 Å². The second kappa shape index (κ2) is 5.99. The molecule has 0 saturated carbocycles. The van der Waals surface area contributed by atoms with Crippen molar-refractivity contribution in [2.24, 2.45) is 5.92 Å². The molecule has 1 rings (SSSR count). The molecule has 0 spiro atoms. The van der Waals surface area contributed by atoms with Gasteiger partial charge in [-0.05, 0) is 24.1 Å². The molecule has 0 radical (unpaired) electrons. The van der Waals surface area contributed by atoms with Crippen LogP contribution in [0.15, 0.2) is 24.3 Å². The smallest absolute Gasteiger partial charge is 0.0635 e. The first-order chi connectivity index (χ1) is 7.17. The zero-order chi connectivity index (χ0) is 11.3. The topological polar surface area (TPSA) is 32.3 Å². The molecule has 1 aromatic carbocycles. The molecule has 2 unspecified atom stereocenters. The average Bonchev–Trinajstić information content (AvgIpc) is 2.25. The predicted molar refractivity (Wildman–Crippen MR) is 65.4 cm³/mol. The second-order valence-electron chi connectivity index (χ2n) is 3.83. The predicted octanol–water partition coefficient (Wildman–Crippen LogP) is 3.16. The van der Waals surface area contributed by atoms with Gasteiger partial charge in [0.2, 0.25) is 0 Å². The van der Waals surface area contributed by atoms with E-state index in [1.807, 2.05) is 24.3 Å². The van der Waals surface area contributed by atoms with E-state index in [0.29, 0.717) is 10.9 Å². The average molecular weight is 228 g/mol. The third-order valence-corrected chi connectivity index (χ3v) is 2.94. The van der Waals surface area contributed by atoms with Crippen molar-refractivity contribution in [3.8, 4) is 0 Å². The van der Waals surface area contributed by atoms with Crippen LogP contribution in [0.2, 0.25) is 5.02 Å². The lowest BCUT2D eigenvalue weighted by Crippen LogP contribution is -2.30. The molecule has 0 fully saturated rings. The van der Waals surface area contributed by atoms with Gasteiger partial charge in [-0.3, -0.25) is 0 Å². The van der Waals surface area contributed by atoms with Crippen LogP contribution in [0.25, 0.3) is 0 Å². The molecule has 0 aliphatic rings. The normalized spacial score (nSPS) is 14.7. The van der Waals surface area contributed by atoms with Crippen LogP contribution in [0, 0.1) is 5.92 Å². The van der Waals surface area contributed by atoms with Crippen molar-refractivity contribution in [1.82, 2.24) is 0 Å². The van der Waals surface area contributed by atoms with Gasteiger partial charge in [0.25, 0.3) is 0 Å². The lowest BCUT2D eigenvalue weighted by molar-refractivity contribution is 0.241. The maximum absolute atomic E-state index is 9.26. The lowest BCUT2D eigenvalue weighted by Gasteiger charge is -2.23. The van der Waals surface area contributed by atoms with Crippen molar-refractivity contribution < 1.29 is 5.11 Å². The Morgan fingerprint density at radius 3 is 2.73 bits per heavy atom. The number of benzene rings is 1. The Morgan fingerprint density at radius 2 is 2.20 bits per heavy atom. The largest absolute Gasteiger partial charge is 0.394 e. The van der Waals surface area contributed by atoms with Gasteiger partial charge in [0.05, 0.1) is 12.6 Å². The number of rotatable bonds is 5. The van der Waals surface area contributed by atoms with Gasteiger partial charge in [-0.1, -0.05) is 37.9 Å². The highest BCUT2D eigenvalue weighted by atomic mass is 35.5. The zero-order valence-corrected chi connectivity index (χ0v) is 9.96. The minimum atomic E-state index is 0.0912. The number of nitrogens with one attached hydrogen (secondary N) is 1. The fourth-order valence-electron chi connectivity index (χ4n) is 1.44. The molecule has 0 saturated heterocycles. The van der Waals surface area contributed by atoms with Crippen molar-refractivity contribution in [2.75, 3.05) is 11.9 Å². The molecular weight excluding hydrogens is 210 g/mol. The van der Waals surface area contributed by atoms with E-state index in [0.717, 1.165) is 12.1 Å². The summed E-state index contributed by atoms with van der Waals surface area (Å²) in [6, 6.07) is 7.65. The SMILES string of the molecule is CCC(C)C(CO)Nc1cccc(Cl)c1. The Hall–Kier alpha value is -0.730. The number of anilines is 1. The highest BCUT2D eigenvalue weighted by Crippen LogP contribution is 2.18. The molecule has 2 atom stereocenters. The third kappa shape index (κ3) is 3.73. The van der Waals surface area contributed by atoms with Crippen molar-refractivity contribution in [3.05, 3.63) is 29.3 Å². The van der Waals surface area contributed by atoms with Crippen molar-refractivity contribution in [2.45, 2.75) is 26.3 Å². The van der Waals surface area contributed by atoms with Crippen LogP contribution in [0.4, 0.5) is 5.69 Å². The fraction of sp³-hybridized carbons (Fsp3) is 0.500. The maximum Gasteiger partial charge on any atom is 0.0635 e. The first-order valence-corrected chi connectivity index (χ1v) is 5.68. The van der Waals surface area contributed by atoms with Gasteiger partial charge < -0.3 is 10.4 Å². The first kappa shape index (κ1) is 12.3. The van der Waals surface area contributed by atoms with Crippen LogP contribution in [-0.4, -0.2) is 17.8 Å². The Kier molecular flexibility index (Phi) is 4.92. The summed E-state index contributed by atoms with van der Waals surface area (Å²) >= 11 is 5.88. The van der Waals surface area contributed by atoms with Crippen LogP contribution in [0.1, 0.15) is 20.3 Å². The molecule has 1 aromatic rings. The van der Waals surface area contributed by atoms with Gasteiger partial charge >= 0.3 is 0 Å². The molecule has 0 aromatic heterocycles. The van der Waals surface area contributed by atoms with Crippen LogP contribution in [0.3, 0.4) is 0 Å². The molecular formula is C12H18ClNO. The van der Waals surface area contributed by atoms with Crippen LogP contribution in [0.5, 0.6) is 0 Å². The number of hydrogen-bond donors (Lipinski definition) is 2. The number of hydrogen-bond acceptors (Lipinski definition) is 2. The van der Waals surface area contributed by atoms with E-state index in [-0.39, 0.29) is 12.6 Å². The summed E-state index contributed by atoms with van der Waals surface area (Å²) in [5, 5.41) is 13.3. The lowest BCUT2D eigenvalue weighted by atomic mass is 10.00. The molecule has 2 nitrogen and oxygen atoms in total. The summed E-state index contributed by atoms with van der Waals surface area (Å²) in [6.45, 7) is 4.38.